The second-order valence-corrected chi connectivity index (χ2v) is 9.01. The van der Waals surface area contributed by atoms with E-state index in [4.69, 9.17) is 0 Å². The fourth-order valence-electron chi connectivity index (χ4n) is 4.20. The van der Waals surface area contributed by atoms with Crippen molar-refractivity contribution in [3.63, 3.8) is 0 Å². The van der Waals surface area contributed by atoms with Gasteiger partial charge in [-0.3, -0.25) is 19.9 Å². The third-order valence-corrected chi connectivity index (χ3v) is 7.08. The molecular formula is C24H20N6OS. The zero-order valence-electron chi connectivity index (χ0n) is 17.4. The number of carbonyl (C=O) groups is 1. The molecule has 0 fully saturated rings. The van der Waals surface area contributed by atoms with Crippen LogP contribution in [0.15, 0.2) is 48.9 Å². The van der Waals surface area contributed by atoms with Crippen LogP contribution >= 0.6 is 11.3 Å². The van der Waals surface area contributed by atoms with Crippen LogP contribution in [0.5, 0.6) is 0 Å². The number of rotatable bonds is 4. The number of nitrogens with one attached hydrogen (secondary N) is 3. The van der Waals surface area contributed by atoms with Crippen LogP contribution in [0.1, 0.15) is 28.7 Å². The number of nitrogens with zero attached hydrogens (tertiary/aromatic N) is 3. The molecule has 0 aromatic carbocycles. The van der Waals surface area contributed by atoms with E-state index in [0.717, 1.165) is 73.7 Å². The van der Waals surface area contributed by atoms with Crippen LogP contribution in [0.2, 0.25) is 0 Å². The Kier molecular flexibility index (Phi) is 4.48. The summed E-state index contributed by atoms with van der Waals surface area (Å²) in [7, 11) is 0. The molecule has 5 aromatic heterocycles. The average Bonchev–Trinajstić information content (AvgIpc) is 3.56. The number of hydrogen-bond acceptors (Lipinski definition) is 6. The van der Waals surface area contributed by atoms with E-state index in [9.17, 15) is 4.79 Å². The van der Waals surface area contributed by atoms with Gasteiger partial charge in [0.15, 0.2) is 5.78 Å². The van der Waals surface area contributed by atoms with E-state index in [2.05, 4.69) is 48.7 Å². The molecule has 0 unspecified atom stereocenters. The predicted molar refractivity (Wildman–Crippen MR) is 128 cm³/mol. The Morgan fingerprint density at radius 2 is 2.03 bits per heavy atom. The summed E-state index contributed by atoms with van der Waals surface area (Å²) in [5.41, 5.74) is 6.87. The Hall–Kier alpha value is -3.62. The Morgan fingerprint density at radius 1 is 1.09 bits per heavy atom. The lowest BCUT2D eigenvalue weighted by Gasteiger charge is -2.13. The summed E-state index contributed by atoms with van der Waals surface area (Å²) in [6.45, 7) is 3.43. The van der Waals surface area contributed by atoms with E-state index in [0.29, 0.717) is 0 Å². The van der Waals surface area contributed by atoms with Gasteiger partial charge in [-0.2, -0.15) is 5.10 Å². The molecule has 6 rings (SSSR count). The van der Waals surface area contributed by atoms with Crippen molar-refractivity contribution in [1.29, 1.82) is 0 Å². The summed E-state index contributed by atoms with van der Waals surface area (Å²) >= 11 is 1.49. The summed E-state index contributed by atoms with van der Waals surface area (Å²) in [6, 6.07) is 8.09. The number of Topliss-reactive ketones (excluding diaryl/α,β-unsaturated/α-hetero) is 1. The summed E-state index contributed by atoms with van der Waals surface area (Å²) in [5.74, 6) is 0.0763. The molecule has 0 radical (unpaired) electrons. The summed E-state index contributed by atoms with van der Waals surface area (Å²) in [6.07, 6.45) is 8.70. The minimum atomic E-state index is 0.0763. The fraction of sp³-hybridized carbons (Fsp3) is 0.167. The standard InChI is InChI=1S/C24H20N6OS/c1-13(31)22-2-3-23(32-22)17-10-26-11-20-15(17)8-19(28-20)24-16-9-18(14-4-6-25-7-5-14)27-12-21(16)29-30-24/h2-4,8-12,25,28H,5-7H2,1H3,(H,29,30). The lowest BCUT2D eigenvalue weighted by Crippen LogP contribution is -2.20. The number of aromatic nitrogens is 5. The minimum absolute atomic E-state index is 0.0763. The van der Waals surface area contributed by atoms with E-state index in [1.165, 1.54) is 16.9 Å². The van der Waals surface area contributed by atoms with Gasteiger partial charge in [0.25, 0.3) is 0 Å². The van der Waals surface area contributed by atoms with Gasteiger partial charge < -0.3 is 10.3 Å². The van der Waals surface area contributed by atoms with Crippen molar-refractivity contribution in [2.75, 3.05) is 13.1 Å². The number of fused-ring (bicyclic) bond motifs is 2. The molecule has 8 heteroatoms. The molecule has 1 aliphatic heterocycles. The lowest BCUT2D eigenvalue weighted by atomic mass is 10.0. The van der Waals surface area contributed by atoms with E-state index in [1.54, 1.807) is 6.92 Å². The maximum absolute atomic E-state index is 11.7. The van der Waals surface area contributed by atoms with Gasteiger partial charge in [0.2, 0.25) is 0 Å². The first-order valence-corrected chi connectivity index (χ1v) is 11.3. The van der Waals surface area contributed by atoms with Crippen molar-refractivity contribution in [3.8, 4) is 21.8 Å². The summed E-state index contributed by atoms with van der Waals surface area (Å²) in [4.78, 5) is 26.0. The summed E-state index contributed by atoms with van der Waals surface area (Å²) < 4.78 is 0. The first-order chi connectivity index (χ1) is 15.7. The predicted octanol–water partition coefficient (Wildman–Crippen LogP) is 4.81. The highest BCUT2D eigenvalue weighted by atomic mass is 32.1. The average molecular weight is 441 g/mol. The monoisotopic (exact) mass is 440 g/mol. The first kappa shape index (κ1) is 19.1. The highest BCUT2D eigenvalue weighted by Gasteiger charge is 2.17. The maximum Gasteiger partial charge on any atom is 0.169 e. The van der Waals surface area contributed by atoms with Crippen LogP contribution in [-0.4, -0.2) is 44.0 Å². The van der Waals surface area contributed by atoms with Gasteiger partial charge in [0, 0.05) is 34.0 Å². The highest BCUT2D eigenvalue weighted by Crippen LogP contribution is 2.36. The zero-order chi connectivity index (χ0) is 21.7. The number of hydrogen-bond donors (Lipinski definition) is 3. The molecule has 3 N–H and O–H groups in total. The largest absolute Gasteiger partial charge is 0.352 e. The van der Waals surface area contributed by atoms with Crippen molar-refractivity contribution < 1.29 is 4.79 Å². The second kappa shape index (κ2) is 7.51. The topological polar surface area (TPSA) is 99.4 Å². The molecule has 0 aliphatic carbocycles. The lowest BCUT2D eigenvalue weighted by molar-refractivity contribution is 0.102. The molecule has 0 saturated heterocycles. The van der Waals surface area contributed by atoms with Gasteiger partial charge in [0.05, 0.1) is 39.7 Å². The van der Waals surface area contributed by atoms with Gasteiger partial charge in [-0.25, -0.2) is 0 Å². The van der Waals surface area contributed by atoms with Gasteiger partial charge in [0.1, 0.15) is 5.69 Å². The molecular weight excluding hydrogens is 420 g/mol. The van der Waals surface area contributed by atoms with Crippen LogP contribution in [0, 0.1) is 0 Å². The molecule has 158 valence electrons. The molecule has 0 bridgehead atoms. The number of H-pyrrole nitrogens is 2. The van der Waals surface area contributed by atoms with E-state index >= 15 is 0 Å². The van der Waals surface area contributed by atoms with Crippen molar-refractivity contribution in [2.45, 2.75) is 13.3 Å². The maximum atomic E-state index is 11.7. The van der Waals surface area contributed by atoms with Crippen LogP contribution < -0.4 is 5.32 Å². The molecule has 0 atom stereocenters. The van der Waals surface area contributed by atoms with Crippen LogP contribution in [0.4, 0.5) is 0 Å². The Balaban J connectivity index is 1.47. The number of ketones is 1. The van der Waals surface area contributed by atoms with E-state index < -0.39 is 0 Å². The van der Waals surface area contributed by atoms with Crippen LogP contribution in [0.25, 0.3) is 49.2 Å². The molecule has 6 heterocycles. The summed E-state index contributed by atoms with van der Waals surface area (Å²) in [5, 5.41) is 13.1. The number of thiophene rings is 1. The van der Waals surface area contributed by atoms with E-state index in [-0.39, 0.29) is 5.78 Å². The molecule has 1 aliphatic rings. The molecule has 0 amide bonds. The van der Waals surface area contributed by atoms with Gasteiger partial charge in [-0.05, 0) is 49.7 Å². The van der Waals surface area contributed by atoms with Crippen molar-refractivity contribution in [3.05, 3.63) is 59.5 Å². The Bertz CT molecular complexity index is 1520. The van der Waals surface area contributed by atoms with Gasteiger partial charge in [-0.1, -0.05) is 6.08 Å². The number of aromatic amines is 2. The van der Waals surface area contributed by atoms with Crippen molar-refractivity contribution >= 4 is 44.5 Å². The van der Waals surface area contributed by atoms with Crippen molar-refractivity contribution in [2.24, 2.45) is 0 Å². The molecule has 5 aromatic rings. The number of pyridine rings is 2. The molecule has 0 saturated carbocycles. The molecule has 0 spiro atoms. The molecule has 32 heavy (non-hydrogen) atoms. The third-order valence-electron chi connectivity index (χ3n) is 5.86. The highest BCUT2D eigenvalue weighted by molar-refractivity contribution is 7.17. The quantitative estimate of drug-likeness (QED) is 0.348. The third kappa shape index (κ3) is 3.16. The van der Waals surface area contributed by atoms with Gasteiger partial charge >= 0.3 is 0 Å². The zero-order valence-corrected chi connectivity index (χ0v) is 18.2. The van der Waals surface area contributed by atoms with Gasteiger partial charge in [-0.15, -0.1) is 11.3 Å². The Morgan fingerprint density at radius 3 is 2.84 bits per heavy atom. The van der Waals surface area contributed by atoms with E-state index in [1.807, 2.05) is 30.7 Å². The smallest absolute Gasteiger partial charge is 0.169 e. The normalized spacial score (nSPS) is 14.2. The fourth-order valence-corrected chi connectivity index (χ4v) is 5.13. The molecule has 7 nitrogen and oxygen atoms in total. The van der Waals surface area contributed by atoms with Crippen molar-refractivity contribution in [1.82, 2.24) is 30.5 Å². The Labute approximate surface area is 187 Å². The van der Waals surface area contributed by atoms with Crippen LogP contribution in [-0.2, 0) is 0 Å². The number of carbonyl (C=O) groups excluding carboxylic acids is 1. The SMILES string of the molecule is CC(=O)c1ccc(-c2cncc3[nH]c(-c4n[nH]c5cnc(C6=CCNCC6)cc45)cc23)s1. The minimum Gasteiger partial charge on any atom is -0.352 e. The second-order valence-electron chi connectivity index (χ2n) is 7.92. The van der Waals surface area contributed by atoms with Crippen LogP contribution in [0.3, 0.4) is 0 Å². The first-order valence-electron chi connectivity index (χ1n) is 10.5.